The monoisotopic (exact) mass is 437 g/mol. The lowest BCUT2D eigenvalue weighted by atomic mass is 10.1. The maximum atomic E-state index is 12.7. The number of aryl methyl sites for hydroxylation is 1. The highest BCUT2D eigenvalue weighted by molar-refractivity contribution is 6.00. The summed E-state index contributed by atoms with van der Waals surface area (Å²) in [6.07, 6.45) is 2.08. The fourth-order valence-electron chi connectivity index (χ4n) is 3.96. The van der Waals surface area contributed by atoms with E-state index in [1.807, 2.05) is 29.8 Å². The number of benzene rings is 1. The maximum Gasteiger partial charge on any atom is 0.246 e. The van der Waals surface area contributed by atoms with Gasteiger partial charge < -0.3 is 28.8 Å². The Kier molecular flexibility index (Phi) is 5.26. The van der Waals surface area contributed by atoms with E-state index in [0.29, 0.717) is 48.7 Å². The highest BCUT2D eigenvalue weighted by Crippen LogP contribution is 2.36. The Bertz CT molecular complexity index is 1150. The van der Waals surface area contributed by atoms with Crippen LogP contribution in [0.4, 0.5) is 5.69 Å². The van der Waals surface area contributed by atoms with Crippen molar-refractivity contribution >= 4 is 17.5 Å². The predicted molar refractivity (Wildman–Crippen MR) is 113 cm³/mol. The number of rotatable bonds is 6. The fraction of sp³-hybridized carbons (Fsp3) is 0.364. The molecule has 0 saturated carbocycles. The second-order valence-corrected chi connectivity index (χ2v) is 7.64. The van der Waals surface area contributed by atoms with Crippen LogP contribution < -0.4 is 19.7 Å². The molecule has 1 N–H and O–H groups in total. The van der Waals surface area contributed by atoms with Gasteiger partial charge in [0, 0.05) is 37.5 Å². The number of anilines is 1. The zero-order valence-electron chi connectivity index (χ0n) is 17.6. The van der Waals surface area contributed by atoms with Gasteiger partial charge in [0.2, 0.25) is 23.5 Å². The van der Waals surface area contributed by atoms with Crippen LogP contribution >= 0.6 is 0 Å². The third-order valence-electron chi connectivity index (χ3n) is 5.61. The summed E-state index contributed by atoms with van der Waals surface area (Å²) in [6.45, 7) is 4.19. The molecule has 1 fully saturated rings. The number of aromatic nitrogens is 3. The van der Waals surface area contributed by atoms with Crippen molar-refractivity contribution in [3.8, 4) is 23.0 Å². The van der Waals surface area contributed by atoms with E-state index in [1.165, 1.54) is 0 Å². The van der Waals surface area contributed by atoms with Crippen LogP contribution in [0.1, 0.15) is 19.2 Å². The molecule has 0 spiro atoms. The minimum Gasteiger partial charge on any atom is -0.486 e. The van der Waals surface area contributed by atoms with Gasteiger partial charge in [0.1, 0.15) is 13.2 Å². The topological polar surface area (TPSA) is 112 Å². The van der Waals surface area contributed by atoms with Crippen LogP contribution in [-0.4, -0.2) is 46.3 Å². The van der Waals surface area contributed by atoms with Crippen LogP contribution in [0.15, 0.2) is 41.1 Å². The molecule has 2 amide bonds. The molecule has 10 heteroatoms. The van der Waals surface area contributed by atoms with Crippen LogP contribution in [0.25, 0.3) is 11.5 Å². The molecule has 3 aromatic rings. The summed E-state index contributed by atoms with van der Waals surface area (Å²) in [4.78, 5) is 31.2. The number of hydrogen-bond acceptors (Lipinski definition) is 7. The van der Waals surface area contributed by atoms with Gasteiger partial charge in [-0.1, -0.05) is 5.16 Å². The molecule has 1 aromatic carbocycles. The lowest BCUT2D eigenvalue weighted by molar-refractivity contribution is -0.126. The van der Waals surface area contributed by atoms with E-state index in [0.717, 1.165) is 12.2 Å². The molecule has 1 unspecified atom stereocenters. The third-order valence-corrected chi connectivity index (χ3v) is 5.61. The van der Waals surface area contributed by atoms with Crippen molar-refractivity contribution < 1.29 is 23.6 Å². The summed E-state index contributed by atoms with van der Waals surface area (Å²) in [6, 6.07) is 9.19. The van der Waals surface area contributed by atoms with Gasteiger partial charge in [0.05, 0.1) is 18.2 Å². The number of amides is 2. The Morgan fingerprint density at radius 2 is 2.06 bits per heavy atom. The van der Waals surface area contributed by atoms with Crippen molar-refractivity contribution in [1.82, 2.24) is 20.0 Å². The molecule has 2 aromatic heterocycles. The van der Waals surface area contributed by atoms with Crippen LogP contribution in [-0.2, 0) is 22.7 Å². The largest absolute Gasteiger partial charge is 0.486 e. The summed E-state index contributed by atoms with van der Waals surface area (Å²) >= 11 is 0. The molecule has 1 saturated heterocycles. The van der Waals surface area contributed by atoms with Crippen molar-refractivity contribution in [3.63, 3.8) is 0 Å². The summed E-state index contributed by atoms with van der Waals surface area (Å²) < 4.78 is 18.4. The normalized spacial score (nSPS) is 17.6. The molecular formula is C22H23N5O5. The van der Waals surface area contributed by atoms with E-state index in [1.54, 1.807) is 23.1 Å². The van der Waals surface area contributed by atoms with Gasteiger partial charge in [-0.25, -0.2) is 0 Å². The number of hydrogen-bond donors (Lipinski definition) is 1. The number of carbonyl (C=O) groups is 2. The molecule has 166 valence electrons. The summed E-state index contributed by atoms with van der Waals surface area (Å²) in [5.74, 6) is 1.25. The quantitative estimate of drug-likeness (QED) is 0.628. The number of nitrogens with zero attached hydrogens (tertiary/aromatic N) is 4. The van der Waals surface area contributed by atoms with Gasteiger partial charge >= 0.3 is 0 Å². The average molecular weight is 437 g/mol. The van der Waals surface area contributed by atoms with Crippen LogP contribution in [0.2, 0.25) is 0 Å². The summed E-state index contributed by atoms with van der Waals surface area (Å²) in [7, 11) is 0. The van der Waals surface area contributed by atoms with Crippen LogP contribution in [0.3, 0.4) is 0 Å². The second kappa shape index (κ2) is 8.37. The van der Waals surface area contributed by atoms with E-state index >= 15 is 0 Å². The first-order chi connectivity index (χ1) is 15.6. The van der Waals surface area contributed by atoms with Gasteiger partial charge in [0.15, 0.2) is 11.5 Å². The predicted octanol–water partition coefficient (Wildman–Crippen LogP) is 2.00. The molecule has 0 aliphatic carbocycles. The molecule has 0 bridgehead atoms. The zero-order chi connectivity index (χ0) is 22.1. The molecule has 32 heavy (non-hydrogen) atoms. The minimum absolute atomic E-state index is 0.105. The molecule has 4 heterocycles. The summed E-state index contributed by atoms with van der Waals surface area (Å²) in [5.41, 5.74) is 1.54. The minimum atomic E-state index is -0.463. The average Bonchev–Trinajstić information content (AvgIpc) is 3.56. The van der Waals surface area contributed by atoms with Gasteiger partial charge in [-0.3, -0.25) is 9.59 Å². The molecule has 2 aliphatic rings. The molecule has 10 nitrogen and oxygen atoms in total. The third kappa shape index (κ3) is 3.79. The van der Waals surface area contributed by atoms with Crippen LogP contribution in [0, 0.1) is 5.92 Å². The highest BCUT2D eigenvalue weighted by atomic mass is 16.6. The van der Waals surface area contributed by atoms with Crippen molar-refractivity contribution in [2.75, 3.05) is 24.7 Å². The van der Waals surface area contributed by atoms with Gasteiger partial charge in [-0.2, -0.15) is 4.98 Å². The Labute approximate surface area is 184 Å². The SMILES string of the molecule is CCn1cccc1-c1noc(CNC(=O)C2CC(=O)N(c3ccc4c(c3)OCCO4)C2)n1. The van der Waals surface area contributed by atoms with Crippen molar-refractivity contribution in [2.45, 2.75) is 26.4 Å². The lowest BCUT2D eigenvalue weighted by Crippen LogP contribution is -2.32. The van der Waals surface area contributed by atoms with Gasteiger partial charge in [0.25, 0.3) is 0 Å². The van der Waals surface area contributed by atoms with Crippen molar-refractivity contribution in [3.05, 3.63) is 42.4 Å². The highest BCUT2D eigenvalue weighted by Gasteiger charge is 2.35. The van der Waals surface area contributed by atoms with Crippen molar-refractivity contribution in [1.29, 1.82) is 0 Å². The van der Waals surface area contributed by atoms with Gasteiger partial charge in [-0.05, 0) is 31.2 Å². The first kappa shape index (κ1) is 20.1. The Hall–Kier alpha value is -3.82. The van der Waals surface area contributed by atoms with Gasteiger partial charge in [-0.15, -0.1) is 0 Å². The first-order valence-electron chi connectivity index (χ1n) is 10.6. The Morgan fingerprint density at radius 1 is 1.22 bits per heavy atom. The number of ether oxygens (including phenoxy) is 2. The lowest BCUT2D eigenvalue weighted by Gasteiger charge is -2.22. The Balaban J connectivity index is 1.20. The van der Waals surface area contributed by atoms with Crippen LogP contribution in [0.5, 0.6) is 11.5 Å². The standard InChI is InChI=1S/C22H23N5O5/c1-2-26-7-3-4-16(26)21-24-19(32-25-21)12-23-22(29)14-10-20(28)27(13-14)15-5-6-17-18(11-15)31-9-8-30-17/h3-7,11,14H,2,8-10,12-13H2,1H3,(H,23,29). The van der Waals surface area contributed by atoms with E-state index < -0.39 is 5.92 Å². The smallest absolute Gasteiger partial charge is 0.246 e. The van der Waals surface area contributed by atoms with E-state index in [4.69, 9.17) is 14.0 Å². The van der Waals surface area contributed by atoms with E-state index in [2.05, 4.69) is 15.5 Å². The maximum absolute atomic E-state index is 12.7. The van der Waals surface area contributed by atoms with E-state index in [-0.39, 0.29) is 24.8 Å². The molecule has 5 rings (SSSR count). The summed E-state index contributed by atoms with van der Waals surface area (Å²) in [5, 5.41) is 6.80. The number of carbonyl (C=O) groups excluding carboxylic acids is 2. The fourth-order valence-corrected chi connectivity index (χ4v) is 3.96. The van der Waals surface area contributed by atoms with E-state index in [9.17, 15) is 9.59 Å². The van der Waals surface area contributed by atoms with Crippen molar-refractivity contribution in [2.24, 2.45) is 5.92 Å². The first-order valence-corrected chi connectivity index (χ1v) is 10.6. The zero-order valence-corrected chi connectivity index (χ0v) is 17.6. The second-order valence-electron chi connectivity index (χ2n) is 7.64. The molecular weight excluding hydrogens is 414 g/mol. The molecule has 0 radical (unpaired) electrons. The number of nitrogens with one attached hydrogen (secondary N) is 1. The molecule has 1 atom stereocenters. The molecule has 2 aliphatic heterocycles. The number of fused-ring (bicyclic) bond motifs is 1. The Morgan fingerprint density at radius 3 is 2.91 bits per heavy atom.